The van der Waals surface area contributed by atoms with Crippen molar-refractivity contribution in [2.75, 3.05) is 0 Å². The summed E-state index contributed by atoms with van der Waals surface area (Å²) in [6.07, 6.45) is 4.04. The van der Waals surface area contributed by atoms with Crippen LogP contribution in [0, 0.1) is 22.7 Å². The van der Waals surface area contributed by atoms with Crippen molar-refractivity contribution < 1.29 is 4.74 Å². The van der Waals surface area contributed by atoms with E-state index in [9.17, 15) is 10.5 Å². The molecule has 438 valence electrons. The number of hydrogen-bond acceptors (Lipinski definition) is 5. The van der Waals surface area contributed by atoms with Crippen LogP contribution in [0.1, 0.15) is 33.4 Å². The second-order valence-electron chi connectivity index (χ2n) is 25.1. The molecule has 2 aliphatic rings. The minimum Gasteiger partial charge on any atom is -0.457 e. The molecular weight excluding hydrogens is 1160 g/mol. The molecule has 1 aliphatic carbocycles. The third-order valence-corrected chi connectivity index (χ3v) is 20.4. The molecule has 10 nitrogen and oxygen atoms in total. The van der Waals surface area contributed by atoms with Gasteiger partial charge in [0.05, 0.1) is 119 Å². The summed E-state index contributed by atoms with van der Waals surface area (Å²) in [7, 11) is 0. The van der Waals surface area contributed by atoms with E-state index in [1.54, 1.807) is 0 Å². The van der Waals surface area contributed by atoms with Crippen LogP contribution in [0.5, 0.6) is 11.5 Å². The Hall–Kier alpha value is -13.3. The van der Waals surface area contributed by atoms with Gasteiger partial charge in [0.15, 0.2) is 0 Å². The van der Waals surface area contributed by atoms with Crippen molar-refractivity contribution in [3.8, 4) is 63.5 Å². The molecular formula is C85H47N9O. The molecule has 0 fully saturated rings. The van der Waals surface area contributed by atoms with Crippen LogP contribution < -0.4 is 4.74 Å². The summed E-state index contributed by atoms with van der Waals surface area (Å²) in [5.41, 5.74) is 20.4. The van der Waals surface area contributed by atoms with Gasteiger partial charge in [-0.3, -0.25) is 9.97 Å². The highest BCUT2D eigenvalue weighted by Gasteiger charge is 2.54. The Morgan fingerprint density at radius 1 is 0.263 bits per heavy atom. The van der Waals surface area contributed by atoms with Gasteiger partial charge in [-0.2, -0.15) is 10.5 Å². The van der Waals surface area contributed by atoms with E-state index in [0.717, 1.165) is 160 Å². The fourth-order valence-electron chi connectivity index (χ4n) is 16.6. The number of aromatic nitrogens is 7. The maximum atomic E-state index is 10.6. The smallest absolute Gasteiger partial charge is 0.132 e. The van der Waals surface area contributed by atoms with Crippen molar-refractivity contribution in [2.45, 2.75) is 5.41 Å². The van der Waals surface area contributed by atoms with Gasteiger partial charge in [-0.25, -0.2) is 0 Å². The van der Waals surface area contributed by atoms with E-state index in [2.05, 4.69) is 284 Å². The molecule has 0 saturated heterocycles. The lowest BCUT2D eigenvalue weighted by atomic mass is 9.66. The van der Waals surface area contributed by atoms with Gasteiger partial charge in [-0.15, -0.1) is 0 Å². The number of ether oxygens (including phenoxy) is 1. The lowest BCUT2D eigenvalue weighted by Gasteiger charge is -2.39. The van der Waals surface area contributed by atoms with E-state index >= 15 is 0 Å². The van der Waals surface area contributed by atoms with Gasteiger partial charge in [0.25, 0.3) is 0 Å². The number of rotatable bonds is 5. The zero-order valence-corrected chi connectivity index (χ0v) is 50.6. The largest absolute Gasteiger partial charge is 0.457 e. The minimum atomic E-state index is -1.17. The maximum absolute atomic E-state index is 10.6. The average molecular weight is 1210 g/mol. The van der Waals surface area contributed by atoms with Crippen LogP contribution in [0.4, 0.5) is 0 Å². The van der Waals surface area contributed by atoms with Crippen LogP contribution >= 0.6 is 0 Å². The van der Waals surface area contributed by atoms with E-state index < -0.39 is 5.41 Å². The maximum Gasteiger partial charge on any atom is 0.132 e. The van der Waals surface area contributed by atoms with E-state index in [0.29, 0.717) is 22.6 Å². The fourth-order valence-corrected chi connectivity index (χ4v) is 16.6. The summed E-state index contributed by atoms with van der Waals surface area (Å²) >= 11 is 0. The van der Waals surface area contributed by atoms with Gasteiger partial charge in [0.2, 0.25) is 0 Å². The van der Waals surface area contributed by atoms with Gasteiger partial charge < -0.3 is 27.6 Å². The molecule has 95 heavy (non-hydrogen) atoms. The van der Waals surface area contributed by atoms with Gasteiger partial charge in [0, 0.05) is 93.2 Å². The van der Waals surface area contributed by atoms with E-state index in [1.807, 2.05) is 36.7 Å². The van der Waals surface area contributed by atoms with Crippen LogP contribution in [0.2, 0.25) is 0 Å². The van der Waals surface area contributed by atoms with Crippen LogP contribution in [0.15, 0.2) is 285 Å². The summed E-state index contributed by atoms with van der Waals surface area (Å²) in [6.45, 7) is 0. The molecule has 7 aromatic heterocycles. The van der Waals surface area contributed by atoms with Gasteiger partial charge >= 0.3 is 0 Å². The molecule has 12 aromatic carbocycles. The first-order valence-electron chi connectivity index (χ1n) is 31.9. The fraction of sp³-hybridized carbons (Fsp3) is 0.0118. The number of nitrogens with zero attached hydrogens (tertiary/aromatic N) is 9. The lowest BCUT2D eigenvalue weighted by Crippen LogP contribution is -2.33. The molecule has 0 bridgehead atoms. The minimum absolute atomic E-state index is 0.579. The van der Waals surface area contributed by atoms with Gasteiger partial charge in [0.1, 0.15) is 11.5 Å². The number of pyridine rings is 2. The summed E-state index contributed by atoms with van der Waals surface area (Å²) in [5, 5.41) is 31.9. The number of benzene rings is 12. The zero-order valence-electron chi connectivity index (χ0n) is 50.6. The monoisotopic (exact) mass is 1210 g/mol. The molecule has 19 aromatic rings. The van der Waals surface area contributed by atoms with Gasteiger partial charge in [-0.1, -0.05) is 127 Å². The molecule has 10 heteroatoms. The van der Waals surface area contributed by atoms with Gasteiger partial charge in [-0.05, 0) is 146 Å². The third kappa shape index (κ3) is 6.83. The highest BCUT2D eigenvalue weighted by Crippen LogP contribution is 2.63. The van der Waals surface area contributed by atoms with Crippen LogP contribution in [0.25, 0.3) is 149 Å². The summed E-state index contributed by atoms with van der Waals surface area (Å²) in [4.78, 5) is 11.3. The molecule has 0 radical (unpaired) electrons. The molecule has 8 heterocycles. The molecule has 0 unspecified atom stereocenters. The molecule has 0 saturated carbocycles. The lowest BCUT2D eigenvalue weighted by molar-refractivity contribution is 0.436. The quantitative estimate of drug-likeness (QED) is 0.171. The number of nitriles is 2. The predicted molar refractivity (Wildman–Crippen MR) is 381 cm³/mol. The van der Waals surface area contributed by atoms with Crippen LogP contribution in [-0.4, -0.2) is 32.8 Å². The Kier molecular flexibility index (Phi) is 10.2. The third-order valence-electron chi connectivity index (χ3n) is 20.4. The normalized spacial score (nSPS) is 13.0. The van der Waals surface area contributed by atoms with Crippen molar-refractivity contribution in [3.05, 3.63) is 319 Å². The number of para-hydroxylation sites is 7. The molecule has 0 atom stereocenters. The summed E-state index contributed by atoms with van der Waals surface area (Å²) in [5.74, 6) is 1.39. The Morgan fingerprint density at radius 2 is 0.537 bits per heavy atom. The van der Waals surface area contributed by atoms with Crippen LogP contribution in [-0.2, 0) is 5.41 Å². The van der Waals surface area contributed by atoms with E-state index in [-0.39, 0.29) is 0 Å². The molecule has 1 aliphatic heterocycles. The first kappa shape index (κ1) is 51.5. The van der Waals surface area contributed by atoms with Crippen molar-refractivity contribution in [2.24, 2.45) is 0 Å². The van der Waals surface area contributed by atoms with Crippen molar-refractivity contribution >= 4 is 109 Å². The second-order valence-corrected chi connectivity index (χ2v) is 25.1. The second kappa shape index (κ2) is 18.9. The van der Waals surface area contributed by atoms with Crippen molar-refractivity contribution in [1.82, 2.24) is 32.8 Å². The summed E-state index contributed by atoms with van der Waals surface area (Å²) in [6, 6.07) is 102. The van der Waals surface area contributed by atoms with Crippen molar-refractivity contribution in [3.63, 3.8) is 0 Å². The zero-order chi connectivity index (χ0) is 62.4. The van der Waals surface area contributed by atoms with Crippen LogP contribution in [0.3, 0.4) is 0 Å². The molecule has 0 N–H and O–H groups in total. The SMILES string of the molecule is N#Cc1ccc2c(c1)c1ccccc1n2-c1ccc2c(c1)C1(c3cc(-n4c5ccc(C#N)cc5c5cc(-n6c7ccccc7c7ccccc76)ccc54)ccc3O2)c2cc(-n3c4ccccc4c4ccccc43)cnc2-c2ncc(-n3c4ccccc4c4ccccc43)cc21. The molecule has 21 rings (SSSR count). The predicted octanol–water partition coefficient (Wildman–Crippen LogP) is 20.2. The van der Waals surface area contributed by atoms with E-state index in [4.69, 9.17) is 14.7 Å². The average Bonchev–Trinajstić information content (AvgIpc) is 1.50. The Morgan fingerprint density at radius 3 is 0.905 bits per heavy atom. The Balaban J connectivity index is 0.889. The first-order chi connectivity index (χ1) is 47.0. The number of fused-ring (bicyclic) bond motifs is 24. The topological polar surface area (TPSA) is 107 Å². The highest BCUT2D eigenvalue weighted by molar-refractivity contribution is 6.15. The first-order valence-corrected chi connectivity index (χ1v) is 31.9. The summed E-state index contributed by atoms with van der Waals surface area (Å²) < 4.78 is 19.2. The Bertz CT molecular complexity index is 6430. The highest BCUT2D eigenvalue weighted by atomic mass is 16.5. The number of hydrogen-bond donors (Lipinski definition) is 0. The standard InChI is InChI=1S/C85H47N9O/c86-46-50-29-34-78-64(39-50)63-21-7-14-28-77(63)91(78)53-32-37-81-67(42-53)85(68-43-54(33-38-82(68)95-81)92-79-35-30-51(47-87)40-65(79)66-41-52(31-36-80(66)92)90-71-22-8-1-15-57(71)58-16-2-9-23-72(58)90)69-44-55(93-73-24-10-3-17-59(73)60-18-4-11-25-74(60)93)48-88-83(69)84-70(85)45-56(49-89-84)94-75-26-12-5-19-61(75)62-20-6-13-27-76(62)94/h1-45,48-49H. The molecule has 0 amide bonds. The van der Waals surface area contributed by atoms with E-state index in [1.165, 1.54) is 10.8 Å². The molecule has 1 spiro atoms. The van der Waals surface area contributed by atoms with Crippen molar-refractivity contribution in [1.29, 1.82) is 10.5 Å². The Labute approximate surface area is 541 Å².